The molecule has 3 rings (SSSR count). The zero-order chi connectivity index (χ0) is 30.2. The van der Waals surface area contributed by atoms with Crippen molar-refractivity contribution in [3.8, 4) is 5.75 Å². The van der Waals surface area contributed by atoms with E-state index in [1.165, 1.54) is 24.1 Å². The number of nitrogens with one attached hydrogen (secondary N) is 1. The molecule has 0 aliphatic carbocycles. The first kappa shape index (κ1) is 31.7. The van der Waals surface area contributed by atoms with Crippen molar-refractivity contribution in [3.63, 3.8) is 0 Å². The summed E-state index contributed by atoms with van der Waals surface area (Å²) in [5.74, 6) is -0.0636. The third kappa shape index (κ3) is 8.10. The summed E-state index contributed by atoms with van der Waals surface area (Å²) < 4.78 is 34.4. The molecule has 0 bridgehead atoms. The minimum Gasteiger partial charge on any atom is -0.497 e. The minimum absolute atomic E-state index is 0.0610. The highest BCUT2D eigenvalue weighted by Crippen LogP contribution is 2.28. The second-order valence-corrected chi connectivity index (χ2v) is 12.4. The molecule has 0 aromatic heterocycles. The number of methoxy groups -OCH3 is 1. The molecule has 0 aliphatic rings. The van der Waals surface area contributed by atoms with Crippen molar-refractivity contribution in [2.75, 3.05) is 24.5 Å². The van der Waals surface area contributed by atoms with E-state index in [2.05, 4.69) is 5.32 Å². The fraction of sp³-hybridized carbons (Fsp3) is 0.375. The number of rotatable bonds is 13. The fourth-order valence-corrected chi connectivity index (χ4v) is 5.85. The molecule has 1 N–H and O–H groups in total. The lowest BCUT2D eigenvalue weighted by molar-refractivity contribution is -0.140. The van der Waals surface area contributed by atoms with E-state index in [4.69, 9.17) is 4.74 Å². The standard InChI is InChI=1S/C32H41N3O5S/c1-7-30(32(37)33-20-23(2)3)34(21-26-12-9-8-11-25(26)5)31(36)22-35(27-13-10-14-28(19-27)40-6)41(38,39)29-17-15-24(4)16-18-29/h8-19,23,30H,7,20-22H2,1-6H3,(H,33,37). The van der Waals surface area contributed by atoms with Crippen molar-refractivity contribution in [1.82, 2.24) is 10.2 Å². The van der Waals surface area contributed by atoms with E-state index in [-0.39, 0.29) is 29.0 Å². The van der Waals surface area contributed by atoms with E-state index in [0.717, 1.165) is 21.0 Å². The van der Waals surface area contributed by atoms with Gasteiger partial charge in [0.25, 0.3) is 10.0 Å². The van der Waals surface area contributed by atoms with Gasteiger partial charge in [-0.05, 0) is 61.6 Å². The molecule has 1 atom stereocenters. The van der Waals surface area contributed by atoms with Crippen LogP contribution < -0.4 is 14.4 Å². The van der Waals surface area contributed by atoms with E-state index in [0.29, 0.717) is 18.7 Å². The van der Waals surface area contributed by atoms with Crippen LogP contribution in [-0.4, -0.2) is 51.4 Å². The first-order chi connectivity index (χ1) is 19.5. The lowest BCUT2D eigenvalue weighted by Crippen LogP contribution is -2.52. The van der Waals surface area contributed by atoms with Crippen LogP contribution in [0.2, 0.25) is 0 Å². The summed E-state index contributed by atoms with van der Waals surface area (Å²) >= 11 is 0. The smallest absolute Gasteiger partial charge is 0.264 e. The monoisotopic (exact) mass is 579 g/mol. The summed E-state index contributed by atoms with van der Waals surface area (Å²) in [6.07, 6.45) is 0.366. The van der Waals surface area contributed by atoms with E-state index in [1.54, 1.807) is 36.4 Å². The van der Waals surface area contributed by atoms with Crippen LogP contribution >= 0.6 is 0 Å². The molecule has 0 saturated heterocycles. The van der Waals surface area contributed by atoms with Crippen LogP contribution in [0.25, 0.3) is 0 Å². The van der Waals surface area contributed by atoms with Gasteiger partial charge in [0, 0.05) is 19.2 Å². The average Bonchev–Trinajstić information content (AvgIpc) is 2.95. The summed E-state index contributed by atoms with van der Waals surface area (Å²) in [6, 6.07) is 20.0. The van der Waals surface area contributed by atoms with Gasteiger partial charge in [0.05, 0.1) is 17.7 Å². The maximum absolute atomic E-state index is 14.2. The molecule has 8 nitrogen and oxygen atoms in total. The largest absolute Gasteiger partial charge is 0.497 e. The van der Waals surface area contributed by atoms with Gasteiger partial charge >= 0.3 is 0 Å². The van der Waals surface area contributed by atoms with E-state index in [9.17, 15) is 18.0 Å². The number of carbonyl (C=O) groups is 2. The highest BCUT2D eigenvalue weighted by Gasteiger charge is 2.34. The molecule has 9 heteroatoms. The SMILES string of the molecule is CCC(C(=O)NCC(C)C)N(Cc1ccccc1C)C(=O)CN(c1cccc(OC)c1)S(=O)(=O)c1ccc(C)cc1. The first-order valence-electron chi connectivity index (χ1n) is 13.8. The molecule has 0 saturated carbocycles. The molecule has 2 amide bonds. The Morgan fingerprint density at radius 3 is 2.24 bits per heavy atom. The molecule has 3 aromatic rings. The van der Waals surface area contributed by atoms with Crippen LogP contribution in [0.5, 0.6) is 5.75 Å². The quantitative estimate of drug-likeness (QED) is 0.305. The minimum atomic E-state index is -4.15. The van der Waals surface area contributed by atoms with Crippen molar-refractivity contribution in [2.24, 2.45) is 5.92 Å². The lowest BCUT2D eigenvalue weighted by atomic mass is 10.1. The molecule has 1 unspecified atom stereocenters. The first-order valence-corrected chi connectivity index (χ1v) is 15.3. The Bertz CT molecular complexity index is 1440. The maximum Gasteiger partial charge on any atom is 0.264 e. The molecule has 0 aliphatic heterocycles. The summed E-state index contributed by atoms with van der Waals surface area (Å²) in [5.41, 5.74) is 3.05. The Labute approximate surface area is 244 Å². The number of benzene rings is 3. The number of aryl methyl sites for hydroxylation is 2. The van der Waals surface area contributed by atoms with Crippen LogP contribution in [0.15, 0.2) is 77.7 Å². The second kappa shape index (κ2) is 14.2. The van der Waals surface area contributed by atoms with E-state index >= 15 is 0 Å². The van der Waals surface area contributed by atoms with Crippen molar-refractivity contribution in [1.29, 1.82) is 0 Å². The number of hydrogen-bond acceptors (Lipinski definition) is 5. The Morgan fingerprint density at radius 1 is 0.951 bits per heavy atom. The molecule has 220 valence electrons. The Hall–Kier alpha value is -3.85. The zero-order valence-corrected chi connectivity index (χ0v) is 25.6. The van der Waals surface area contributed by atoms with Gasteiger partial charge in [0.1, 0.15) is 18.3 Å². The van der Waals surface area contributed by atoms with Gasteiger partial charge < -0.3 is 15.0 Å². The lowest BCUT2D eigenvalue weighted by Gasteiger charge is -2.33. The Kier molecular flexibility index (Phi) is 10.9. The summed E-state index contributed by atoms with van der Waals surface area (Å²) in [6.45, 7) is 9.80. The Balaban J connectivity index is 2.08. The molecule has 0 heterocycles. The van der Waals surface area contributed by atoms with Gasteiger partial charge in [0.2, 0.25) is 11.8 Å². The summed E-state index contributed by atoms with van der Waals surface area (Å²) in [4.78, 5) is 29.1. The van der Waals surface area contributed by atoms with Gasteiger partial charge in [0.15, 0.2) is 0 Å². The van der Waals surface area contributed by atoms with Crippen molar-refractivity contribution in [2.45, 2.75) is 58.5 Å². The third-order valence-corrected chi connectivity index (χ3v) is 8.69. The van der Waals surface area contributed by atoms with Gasteiger partial charge in [-0.3, -0.25) is 13.9 Å². The molecular weight excluding hydrogens is 538 g/mol. The number of hydrogen-bond donors (Lipinski definition) is 1. The van der Waals surface area contributed by atoms with Crippen molar-refractivity contribution in [3.05, 3.63) is 89.5 Å². The van der Waals surface area contributed by atoms with Crippen molar-refractivity contribution >= 4 is 27.5 Å². The summed E-state index contributed by atoms with van der Waals surface area (Å²) in [7, 11) is -2.66. The zero-order valence-electron chi connectivity index (χ0n) is 24.8. The van der Waals surface area contributed by atoms with Crippen LogP contribution in [0.1, 0.15) is 43.9 Å². The average molecular weight is 580 g/mol. The molecule has 41 heavy (non-hydrogen) atoms. The highest BCUT2D eigenvalue weighted by atomic mass is 32.2. The van der Waals surface area contributed by atoms with Crippen LogP contribution in [0.3, 0.4) is 0 Å². The fourth-order valence-electron chi connectivity index (χ4n) is 4.44. The molecule has 3 aromatic carbocycles. The van der Waals surface area contributed by atoms with Crippen LogP contribution in [0.4, 0.5) is 5.69 Å². The van der Waals surface area contributed by atoms with Gasteiger partial charge in [-0.1, -0.05) is 68.8 Å². The predicted molar refractivity (Wildman–Crippen MR) is 162 cm³/mol. The topological polar surface area (TPSA) is 96.0 Å². The molecule has 0 radical (unpaired) electrons. The van der Waals surface area contributed by atoms with E-state index < -0.39 is 28.5 Å². The van der Waals surface area contributed by atoms with Crippen molar-refractivity contribution < 1.29 is 22.7 Å². The number of amides is 2. The molecular formula is C32H41N3O5S. The number of anilines is 1. The number of sulfonamides is 1. The van der Waals surface area contributed by atoms with Gasteiger partial charge in [-0.15, -0.1) is 0 Å². The number of carbonyl (C=O) groups excluding carboxylic acids is 2. The van der Waals surface area contributed by atoms with Crippen LogP contribution in [-0.2, 0) is 26.2 Å². The third-order valence-electron chi connectivity index (χ3n) is 6.90. The number of nitrogens with zero attached hydrogens (tertiary/aromatic N) is 2. The molecule has 0 fully saturated rings. The predicted octanol–water partition coefficient (Wildman–Crippen LogP) is 5.09. The number of ether oxygens (including phenoxy) is 1. The normalized spacial score (nSPS) is 12.1. The van der Waals surface area contributed by atoms with Gasteiger partial charge in [-0.25, -0.2) is 8.42 Å². The summed E-state index contributed by atoms with van der Waals surface area (Å²) in [5, 5.41) is 2.95. The van der Waals surface area contributed by atoms with E-state index in [1.807, 2.05) is 58.9 Å². The van der Waals surface area contributed by atoms with Gasteiger partial charge in [-0.2, -0.15) is 0 Å². The second-order valence-electron chi connectivity index (χ2n) is 10.5. The maximum atomic E-state index is 14.2. The Morgan fingerprint density at radius 2 is 1.63 bits per heavy atom. The molecule has 0 spiro atoms. The highest BCUT2D eigenvalue weighted by molar-refractivity contribution is 7.92. The van der Waals surface area contributed by atoms with Crippen LogP contribution in [0, 0.1) is 19.8 Å².